The van der Waals surface area contributed by atoms with Crippen LogP contribution >= 0.6 is 0 Å². The van der Waals surface area contributed by atoms with E-state index in [9.17, 15) is 19.7 Å². The maximum Gasteiger partial charge on any atom is 0.272 e. The zero-order chi connectivity index (χ0) is 23.0. The van der Waals surface area contributed by atoms with Gasteiger partial charge in [0.2, 0.25) is 5.91 Å². The Kier molecular flexibility index (Phi) is 5.82. The largest absolute Gasteiger partial charge is 0.491 e. The summed E-state index contributed by atoms with van der Waals surface area (Å²) in [5, 5.41) is 14.3. The molecule has 7 nitrogen and oxygen atoms in total. The summed E-state index contributed by atoms with van der Waals surface area (Å²) in [6.45, 7) is 5.60. The van der Waals surface area contributed by atoms with Crippen molar-refractivity contribution in [2.45, 2.75) is 58.0 Å². The van der Waals surface area contributed by atoms with E-state index >= 15 is 0 Å². The highest BCUT2D eigenvalue weighted by molar-refractivity contribution is 6.02. The van der Waals surface area contributed by atoms with E-state index in [2.05, 4.69) is 5.32 Å². The van der Waals surface area contributed by atoms with Gasteiger partial charge in [0.25, 0.3) is 5.69 Å². The molecule has 1 amide bonds. The lowest BCUT2D eigenvalue weighted by Gasteiger charge is -2.34. The number of ether oxygens (including phenoxy) is 1. The number of carbonyl (C=O) groups excluding carboxylic acids is 2. The maximum absolute atomic E-state index is 13.2. The quantitative estimate of drug-likeness (QED) is 0.543. The summed E-state index contributed by atoms with van der Waals surface area (Å²) in [4.78, 5) is 36.7. The number of hydrogen-bond donors (Lipinski definition) is 1. The number of nitrogens with one attached hydrogen (secondary N) is 1. The van der Waals surface area contributed by atoms with Crippen molar-refractivity contribution in [3.63, 3.8) is 0 Å². The molecular weight excluding hydrogens is 408 g/mol. The molecule has 2 aliphatic rings. The molecule has 166 valence electrons. The Morgan fingerprint density at radius 2 is 1.72 bits per heavy atom. The molecule has 1 heterocycles. The van der Waals surface area contributed by atoms with Crippen LogP contribution in [0.5, 0.6) is 5.75 Å². The molecule has 1 aliphatic carbocycles. The highest BCUT2D eigenvalue weighted by Crippen LogP contribution is 2.43. The number of nitro benzene ring substituents is 1. The minimum Gasteiger partial charge on any atom is -0.491 e. The molecule has 4 rings (SSSR count). The molecule has 0 fully saturated rings. The first-order valence-corrected chi connectivity index (χ1v) is 10.8. The summed E-state index contributed by atoms with van der Waals surface area (Å²) >= 11 is 0. The van der Waals surface area contributed by atoms with Crippen molar-refractivity contribution in [2.75, 3.05) is 0 Å². The number of allylic oxidation sites excluding steroid dienone is 2. The van der Waals surface area contributed by atoms with E-state index in [4.69, 9.17) is 4.74 Å². The van der Waals surface area contributed by atoms with Gasteiger partial charge in [0.1, 0.15) is 5.75 Å². The molecule has 0 saturated carbocycles. The second kappa shape index (κ2) is 8.57. The second-order valence-corrected chi connectivity index (χ2v) is 8.76. The third-order valence-electron chi connectivity index (χ3n) is 6.09. The predicted molar refractivity (Wildman–Crippen MR) is 120 cm³/mol. The van der Waals surface area contributed by atoms with E-state index in [0.717, 1.165) is 11.3 Å². The number of hydrogen-bond acceptors (Lipinski definition) is 5. The van der Waals surface area contributed by atoms with Crippen LogP contribution in [0.3, 0.4) is 0 Å². The van der Waals surface area contributed by atoms with E-state index in [-0.39, 0.29) is 35.8 Å². The van der Waals surface area contributed by atoms with Gasteiger partial charge >= 0.3 is 0 Å². The number of amides is 1. The van der Waals surface area contributed by atoms with Gasteiger partial charge in [-0.15, -0.1) is 0 Å². The minimum absolute atomic E-state index is 0.000438. The zero-order valence-electron chi connectivity index (χ0n) is 18.4. The standard InChI is InChI=1S/C25H26N2O5/c1-14(2)32-19-8-6-16(7-9-19)18-10-21-25(23(28)12-18)20(13-24(29)26-21)17-5-4-15(3)22(11-17)27(30)31/h4-9,11,14,18,20H,10,12-13H2,1-3H3,(H,26,29). The number of ketones is 1. The van der Waals surface area contributed by atoms with E-state index in [1.54, 1.807) is 19.1 Å². The Morgan fingerprint density at radius 1 is 1.03 bits per heavy atom. The van der Waals surface area contributed by atoms with Crippen molar-refractivity contribution < 1.29 is 19.2 Å². The fourth-order valence-corrected chi connectivity index (χ4v) is 4.61. The van der Waals surface area contributed by atoms with Crippen molar-refractivity contribution in [2.24, 2.45) is 0 Å². The Balaban J connectivity index is 1.65. The number of aryl methyl sites for hydroxylation is 1. The molecular formula is C25H26N2O5. The van der Waals surface area contributed by atoms with E-state index < -0.39 is 10.8 Å². The molecule has 1 aliphatic heterocycles. The number of carbonyl (C=O) groups is 2. The van der Waals surface area contributed by atoms with Crippen LogP contribution in [0, 0.1) is 17.0 Å². The first-order chi connectivity index (χ1) is 15.2. The van der Waals surface area contributed by atoms with Crippen LogP contribution in [0.1, 0.15) is 61.6 Å². The summed E-state index contributed by atoms with van der Waals surface area (Å²) in [5.74, 6) is 0.0740. The summed E-state index contributed by atoms with van der Waals surface area (Å²) in [5.41, 5.74) is 3.42. The third-order valence-corrected chi connectivity index (χ3v) is 6.09. The number of Topliss-reactive ketones (excluding diaryl/α,β-unsaturated/α-hetero) is 1. The van der Waals surface area contributed by atoms with Gasteiger partial charge in [-0.05, 0) is 56.4 Å². The van der Waals surface area contributed by atoms with Crippen molar-refractivity contribution >= 4 is 17.4 Å². The van der Waals surface area contributed by atoms with Gasteiger partial charge in [-0.2, -0.15) is 0 Å². The second-order valence-electron chi connectivity index (χ2n) is 8.76. The molecule has 32 heavy (non-hydrogen) atoms. The number of rotatable bonds is 5. The third kappa shape index (κ3) is 4.28. The molecule has 0 bridgehead atoms. The van der Waals surface area contributed by atoms with Crippen molar-refractivity contribution in [1.29, 1.82) is 0 Å². The van der Waals surface area contributed by atoms with Crippen molar-refractivity contribution in [3.8, 4) is 5.75 Å². The lowest BCUT2D eigenvalue weighted by atomic mass is 9.73. The van der Waals surface area contributed by atoms with Crippen LogP contribution < -0.4 is 10.1 Å². The van der Waals surface area contributed by atoms with Gasteiger partial charge in [-0.3, -0.25) is 19.7 Å². The van der Waals surface area contributed by atoms with Crippen LogP contribution in [-0.2, 0) is 9.59 Å². The van der Waals surface area contributed by atoms with Crippen LogP contribution in [0.15, 0.2) is 53.7 Å². The maximum atomic E-state index is 13.2. The zero-order valence-corrected chi connectivity index (χ0v) is 18.4. The van der Waals surface area contributed by atoms with Crippen molar-refractivity contribution in [3.05, 3.63) is 80.5 Å². The Labute approximate surface area is 186 Å². The topological polar surface area (TPSA) is 98.5 Å². The molecule has 0 aromatic heterocycles. The van der Waals surface area contributed by atoms with Gasteiger partial charge in [0.05, 0.1) is 11.0 Å². The summed E-state index contributed by atoms with van der Waals surface area (Å²) in [7, 11) is 0. The summed E-state index contributed by atoms with van der Waals surface area (Å²) in [6, 6.07) is 12.7. The molecule has 2 unspecified atom stereocenters. The molecule has 2 aromatic carbocycles. The molecule has 2 atom stereocenters. The highest BCUT2D eigenvalue weighted by Gasteiger charge is 2.38. The molecule has 7 heteroatoms. The lowest BCUT2D eigenvalue weighted by Crippen LogP contribution is -2.38. The highest BCUT2D eigenvalue weighted by atomic mass is 16.6. The monoisotopic (exact) mass is 434 g/mol. The normalized spacial score (nSPS) is 20.8. The molecule has 0 saturated heterocycles. The number of benzene rings is 2. The summed E-state index contributed by atoms with van der Waals surface area (Å²) in [6.07, 6.45) is 1.07. The lowest BCUT2D eigenvalue weighted by molar-refractivity contribution is -0.385. The van der Waals surface area contributed by atoms with Gasteiger partial charge in [0, 0.05) is 41.7 Å². The minimum atomic E-state index is -0.465. The molecule has 0 spiro atoms. The number of nitrogens with zero attached hydrogens (tertiary/aromatic N) is 1. The molecule has 1 N–H and O–H groups in total. The smallest absolute Gasteiger partial charge is 0.272 e. The van der Waals surface area contributed by atoms with E-state index in [0.29, 0.717) is 35.2 Å². The predicted octanol–water partition coefficient (Wildman–Crippen LogP) is 4.69. The molecule has 0 radical (unpaired) electrons. The first kappa shape index (κ1) is 21.7. The van der Waals surface area contributed by atoms with Crippen LogP contribution in [0.4, 0.5) is 5.69 Å². The Morgan fingerprint density at radius 3 is 2.38 bits per heavy atom. The molecule has 2 aromatic rings. The van der Waals surface area contributed by atoms with E-state index in [1.165, 1.54) is 6.07 Å². The van der Waals surface area contributed by atoms with Crippen molar-refractivity contribution in [1.82, 2.24) is 5.32 Å². The number of nitro groups is 1. The Hall–Kier alpha value is -3.48. The SMILES string of the molecule is Cc1ccc(C2CC(=O)NC3=C2C(=O)CC(c2ccc(OC(C)C)cc2)C3)cc1[N+](=O)[O-]. The Bertz CT molecular complexity index is 1120. The van der Waals surface area contributed by atoms with Gasteiger partial charge in [0.15, 0.2) is 5.78 Å². The van der Waals surface area contributed by atoms with Crippen LogP contribution in [-0.4, -0.2) is 22.7 Å². The van der Waals surface area contributed by atoms with Crippen LogP contribution in [0.2, 0.25) is 0 Å². The fourth-order valence-electron chi connectivity index (χ4n) is 4.61. The fraction of sp³-hybridized carbons (Fsp3) is 0.360. The van der Waals surface area contributed by atoms with Gasteiger partial charge in [-0.1, -0.05) is 24.3 Å². The van der Waals surface area contributed by atoms with E-state index in [1.807, 2.05) is 38.1 Å². The van der Waals surface area contributed by atoms with Crippen LogP contribution in [0.25, 0.3) is 0 Å². The summed E-state index contributed by atoms with van der Waals surface area (Å²) < 4.78 is 5.69. The van der Waals surface area contributed by atoms with Gasteiger partial charge < -0.3 is 10.1 Å². The average molecular weight is 434 g/mol. The first-order valence-electron chi connectivity index (χ1n) is 10.8. The average Bonchev–Trinajstić information content (AvgIpc) is 2.73. The van der Waals surface area contributed by atoms with Gasteiger partial charge in [-0.25, -0.2) is 0 Å².